The summed E-state index contributed by atoms with van der Waals surface area (Å²) >= 11 is 0. The molecular formula is C11H23N3O2. The lowest BCUT2D eigenvalue weighted by Gasteiger charge is -2.20. The molecule has 0 aromatic heterocycles. The third kappa shape index (κ3) is 4.08. The second-order valence-corrected chi connectivity index (χ2v) is 4.73. The first-order valence-electron chi connectivity index (χ1n) is 5.74. The molecule has 1 heterocycles. The molecule has 0 radical (unpaired) electrons. The summed E-state index contributed by atoms with van der Waals surface area (Å²) in [5, 5.41) is 6.16. The van der Waals surface area contributed by atoms with E-state index in [1.165, 1.54) is 0 Å². The first kappa shape index (κ1) is 13.4. The highest BCUT2D eigenvalue weighted by Crippen LogP contribution is 2.09. The van der Waals surface area contributed by atoms with Crippen molar-refractivity contribution < 1.29 is 9.53 Å². The van der Waals surface area contributed by atoms with E-state index in [-0.39, 0.29) is 24.1 Å². The molecule has 1 saturated heterocycles. The Morgan fingerprint density at radius 3 is 2.81 bits per heavy atom. The van der Waals surface area contributed by atoms with Crippen molar-refractivity contribution in [1.29, 1.82) is 0 Å². The van der Waals surface area contributed by atoms with E-state index in [1.54, 1.807) is 7.11 Å². The molecule has 3 unspecified atom stereocenters. The van der Waals surface area contributed by atoms with Gasteiger partial charge in [0.1, 0.15) is 0 Å². The lowest BCUT2D eigenvalue weighted by Crippen LogP contribution is -2.47. The van der Waals surface area contributed by atoms with Crippen LogP contribution in [-0.4, -0.2) is 63.3 Å². The van der Waals surface area contributed by atoms with Crippen molar-refractivity contribution in [2.75, 3.05) is 34.3 Å². The minimum absolute atomic E-state index is 0.0777. The molecule has 1 aliphatic heterocycles. The van der Waals surface area contributed by atoms with Gasteiger partial charge in [0, 0.05) is 26.2 Å². The van der Waals surface area contributed by atoms with Crippen LogP contribution in [0.25, 0.3) is 0 Å². The molecule has 1 rings (SSSR count). The first-order valence-corrected chi connectivity index (χ1v) is 5.74. The molecule has 16 heavy (non-hydrogen) atoms. The second-order valence-electron chi connectivity index (χ2n) is 4.73. The zero-order valence-corrected chi connectivity index (χ0v) is 10.6. The molecule has 1 fully saturated rings. The second kappa shape index (κ2) is 6.18. The molecule has 5 heteroatoms. The molecule has 0 aliphatic carbocycles. The van der Waals surface area contributed by atoms with Crippen LogP contribution in [0.3, 0.4) is 0 Å². The zero-order chi connectivity index (χ0) is 12.1. The van der Waals surface area contributed by atoms with Gasteiger partial charge < -0.3 is 20.3 Å². The van der Waals surface area contributed by atoms with Gasteiger partial charge >= 0.3 is 0 Å². The van der Waals surface area contributed by atoms with Crippen LogP contribution in [0, 0.1) is 0 Å². The van der Waals surface area contributed by atoms with E-state index < -0.39 is 0 Å². The van der Waals surface area contributed by atoms with E-state index in [0.717, 1.165) is 19.5 Å². The Bertz CT molecular complexity index is 233. The van der Waals surface area contributed by atoms with Gasteiger partial charge in [0.25, 0.3) is 0 Å². The molecule has 0 spiro atoms. The van der Waals surface area contributed by atoms with Crippen LogP contribution < -0.4 is 10.6 Å². The van der Waals surface area contributed by atoms with E-state index in [2.05, 4.69) is 15.5 Å². The summed E-state index contributed by atoms with van der Waals surface area (Å²) in [6, 6.07) is 0.0699. The fraction of sp³-hybridized carbons (Fsp3) is 0.909. The van der Waals surface area contributed by atoms with Crippen molar-refractivity contribution in [3.8, 4) is 0 Å². The predicted molar refractivity (Wildman–Crippen MR) is 63.4 cm³/mol. The third-order valence-corrected chi connectivity index (χ3v) is 2.77. The Hall–Kier alpha value is -0.650. The summed E-state index contributed by atoms with van der Waals surface area (Å²) in [5.41, 5.74) is 0. The number of carbonyl (C=O) groups is 1. The van der Waals surface area contributed by atoms with Crippen LogP contribution in [0.2, 0.25) is 0 Å². The molecule has 1 aliphatic rings. The lowest BCUT2D eigenvalue weighted by atomic mass is 10.2. The summed E-state index contributed by atoms with van der Waals surface area (Å²) in [7, 11) is 5.68. The number of hydrogen-bond acceptors (Lipinski definition) is 4. The SMILES string of the molecule is COC1CNC(C(=O)NC(C)CN(C)C)C1. The maximum absolute atomic E-state index is 11.9. The van der Waals surface area contributed by atoms with Crippen molar-refractivity contribution in [3.63, 3.8) is 0 Å². The number of hydrogen-bond donors (Lipinski definition) is 2. The number of carbonyl (C=O) groups excluding carboxylic acids is 1. The molecule has 0 bridgehead atoms. The topological polar surface area (TPSA) is 53.6 Å². The number of nitrogens with zero attached hydrogens (tertiary/aromatic N) is 1. The van der Waals surface area contributed by atoms with Gasteiger partial charge in [-0.2, -0.15) is 0 Å². The Morgan fingerprint density at radius 2 is 2.31 bits per heavy atom. The molecule has 1 amide bonds. The fourth-order valence-corrected chi connectivity index (χ4v) is 2.02. The summed E-state index contributed by atoms with van der Waals surface area (Å²) in [4.78, 5) is 13.9. The van der Waals surface area contributed by atoms with Crippen molar-refractivity contribution in [2.45, 2.75) is 31.5 Å². The number of ether oxygens (including phenoxy) is 1. The summed E-state index contributed by atoms with van der Waals surface area (Å²) in [6.07, 6.45) is 0.928. The lowest BCUT2D eigenvalue weighted by molar-refractivity contribution is -0.123. The van der Waals surface area contributed by atoms with Crippen LogP contribution in [0.5, 0.6) is 0 Å². The molecule has 5 nitrogen and oxygen atoms in total. The summed E-state index contributed by atoms with van der Waals surface area (Å²) in [6.45, 7) is 3.63. The highest BCUT2D eigenvalue weighted by Gasteiger charge is 2.29. The summed E-state index contributed by atoms with van der Waals surface area (Å²) in [5.74, 6) is 0.0777. The minimum atomic E-state index is -0.102. The smallest absolute Gasteiger partial charge is 0.237 e. The number of nitrogens with one attached hydrogen (secondary N) is 2. The molecule has 0 saturated carbocycles. The number of likely N-dealkylation sites (N-methyl/N-ethyl adjacent to an activating group) is 1. The van der Waals surface area contributed by atoms with E-state index in [4.69, 9.17) is 4.74 Å². The highest BCUT2D eigenvalue weighted by atomic mass is 16.5. The maximum Gasteiger partial charge on any atom is 0.237 e. The molecule has 0 aromatic carbocycles. The van der Waals surface area contributed by atoms with E-state index >= 15 is 0 Å². The minimum Gasteiger partial charge on any atom is -0.380 e. The van der Waals surface area contributed by atoms with E-state index in [0.29, 0.717) is 0 Å². The highest BCUT2D eigenvalue weighted by molar-refractivity contribution is 5.82. The molecule has 94 valence electrons. The van der Waals surface area contributed by atoms with Gasteiger partial charge in [0.05, 0.1) is 12.1 Å². The Kier molecular flexibility index (Phi) is 5.18. The van der Waals surface area contributed by atoms with Gasteiger partial charge in [-0.25, -0.2) is 0 Å². The standard InChI is InChI=1S/C11H23N3O2/c1-8(7-14(2)3)13-11(15)10-5-9(16-4)6-12-10/h8-10,12H,5-7H2,1-4H3,(H,13,15). The van der Waals surface area contributed by atoms with E-state index in [9.17, 15) is 4.79 Å². The van der Waals surface area contributed by atoms with Crippen molar-refractivity contribution in [1.82, 2.24) is 15.5 Å². The van der Waals surface area contributed by atoms with Gasteiger partial charge in [0.15, 0.2) is 0 Å². The Balaban J connectivity index is 2.30. The third-order valence-electron chi connectivity index (χ3n) is 2.77. The van der Waals surface area contributed by atoms with Crippen LogP contribution in [0.4, 0.5) is 0 Å². The van der Waals surface area contributed by atoms with Gasteiger partial charge in [0.2, 0.25) is 5.91 Å². The molecule has 0 aromatic rings. The van der Waals surface area contributed by atoms with Crippen LogP contribution in [0.15, 0.2) is 0 Å². The van der Waals surface area contributed by atoms with Gasteiger partial charge in [-0.05, 0) is 27.4 Å². The monoisotopic (exact) mass is 229 g/mol. The van der Waals surface area contributed by atoms with Gasteiger partial charge in [-0.15, -0.1) is 0 Å². The average molecular weight is 229 g/mol. The largest absolute Gasteiger partial charge is 0.380 e. The molecular weight excluding hydrogens is 206 g/mol. The molecule has 2 N–H and O–H groups in total. The number of methoxy groups -OCH3 is 1. The normalized spacial score (nSPS) is 27.1. The fourth-order valence-electron chi connectivity index (χ4n) is 2.02. The van der Waals surface area contributed by atoms with Gasteiger partial charge in [-0.3, -0.25) is 4.79 Å². The quantitative estimate of drug-likeness (QED) is 0.663. The summed E-state index contributed by atoms with van der Waals surface area (Å²) < 4.78 is 5.21. The maximum atomic E-state index is 11.9. The van der Waals surface area contributed by atoms with Gasteiger partial charge in [-0.1, -0.05) is 0 Å². The van der Waals surface area contributed by atoms with Crippen LogP contribution in [-0.2, 0) is 9.53 Å². The van der Waals surface area contributed by atoms with Crippen molar-refractivity contribution >= 4 is 5.91 Å². The van der Waals surface area contributed by atoms with E-state index in [1.807, 2.05) is 21.0 Å². The number of rotatable bonds is 5. The van der Waals surface area contributed by atoms with Crippen molar-refractivity contribution in [3.05, 3.63) is 0 Å². The molecule has 3 atom stereocenters. The predicted octanol–water partition coefficient (Wildman–Crippen LogP) is -0.570. The van der Waals surface area contributed by atoms with Crippen LogP contribution in [0.1, 0.15) is 13.3 Å². The first-order chi connectivity index (χ1) is 7.52. The van der Waals surface area contributed by atoms with Crippen LogP contribution >= 0.6 is 0 Å². The Morgan fingerprint density at radius 1 is 1.62 bits per heavy atom. The number of amides is 1. The Labute approximate surface area is 97.5 Å². The zero-order valence-electron chi connectivity index (χ0n) is 10.6. The average Bonchev–Trinajstić information content (AvgIpc) is 2.64. The van der Waals surface area contributed by atoms with Crippen molar-refractivity contribution in [2.24, 2.45) is 0 Å².